The summed E-state index contributed by atoms with van der Waals surface area (Å²) in [6, 6.07) is 9.62. The standard InChI is InChI=1S/C14H8FNO2S/c15-10-4-1-3-9(7-10)8-11-14(17)18-13(16-11)12-5-2-6-19-12/h1-8H. The summed E-state index contributed by atoms with van der Waals surface area (Å²) >= 11 is 1.44. The third-order valence-corrected chi connectivity index (χ3v) is 3.36. The third kappa shape index (κ3) is 2.46. The molecule has 1 aromatic heterocycles. The third-order valence-electron chi connectivity index (χ3n) is 2.50. The van der Waals surface area contributed by atoms with E-state index in [4.69, 9.17) is 4.74 Å². The molecule has 3 rings (SSSR count). The highest BCUT2D eigenvalue weighted by Gasteiger charge is 2.24. The van der Waals surface area contributed by atoms with Crippen LogP contribution in [0.1, 0.15) is 10.4 Å². The fourth-order valence-corrected chi connectivity index (χ4v) is 2.32. The molecule has 0 bridgehead atoms. The number of cyclic esters (lactones) is 1. The van der Waals surface area contributed by atoms with Crippen LogP contribution in [0.4, 0.5) is 4.39 Å². The number of nitrogens with zero attached hydrogens (tertiary/aromatic N) is 1. The lowest BCUT2D eigenvalue weighted by molar-refractivity contribution is -0.129. The Morgan fingerprint density at radius 2 is 2.16 bits per heavy atom. The quantitative estimate of drug-likeness (QED) is 0.622. The molecule has 1 aromatic carbocycles. The second-order valence-corrected chi connectivity index (χ2v) is 4.82. The lowest BCUT2D eigenvalue weighted by Crippen LogP contribution is -2.03. The van der Waals surface area contributed by atoms with Gasteiger partial charge in [-0.3, -0.25) is 0 Å². The average Bonchev–Trinajstić information content (AvgIpc) is 3.00. The van der Waals surface area contributed by atoms with Crippen LogP contribution in [0.3, 0.4) is 0 Å². The van der Waals surface area contributed by atoms with Crippen molar-refractivity contribution in [3.63, 3.8) is 0 Å². The van der Waals surface area contributed by atoms with Crippen LogP contribution in [0.15, 0.2) is 52.5 Å². The number of hydrogen-bond donors (Lipinski definition) is 0. The Kier molecular flexibility index (Phi) is 2.97. The maximum absolute atomic E-state index is 13.1. The van der Waals surface area contributed by atoms with E-state index in [0.717, 1.165) is 4.88 Å². The molecule has 0 unspecified atom stereocenters. The number of hydrogen-bond acceptors (Lipinski definition) is 4. The molecule has 0 saturated heterocycles. The zero-order valence-electron chi connectivity index (χ0n) is 9.67. The Labute approximate surface area is 112 Å². The molecule has 2 aromatic rings. The number of thiophene rings is 1. The number of benzene rings is 1. The normalized spacial score (nSPS) is 16.6. The lowest BCUT2D eigenvalue weighted by Gasteiger charge is -1.94. The first-order chi connectivity index (χ1) is 9.22. The van der Waals surface area contributed by atoms with Gasteiger partial charge in [0, 0.05) is 0 Å². The van der Waals surface area contributed by atoms with E-state index in [2.05, 4.69) is 4.99 Å². The molecule has 3 nitrogen and oxygen atoms in total. The number of esters is 1. The second-order valence-electron chi connectivity index (χ2n) is 3.87. The topological polar surface area (TPSA) is 38.7 Å². The summed E-state index contributed by atoms with van der Waals surface area (Å²) in [5.41, 5.74) is 0.747. The van der Waals surface area contributed by atoms with E-state index in [1.807, 2.05) is 17.5 Å². The number of rotatable bonds is 2. The molecule has 2 heterocycles. The van der Waals surface area contributed by atoms with Crippen LogP contribution >= 0.6 is 11.3 Å². The molecule has 1 aliphatic rings. The van der Waals surface area contributed by atoms with Gasteiger partial charge in [-0.05, 0) is 35.2 Å². The molecule has 0 aliphatic carbocycles. The van der Waals surface area contributed by atoms with Gasteiger partial charge in [0.15, 0.2) is 5.70 Å². The van der Waals surface area contributed by atoms with Crippen molar-refractivity contribution in [2.45, 2.75) is 0 Å². The van der Waals surface area contributed by atoms with Gasteiger partial charge in [0.25, 0.3) is 0 Å². The van der Waals surface area contributed by atoms with Crippen LogP contribution in [-0.2, 0) is 9.53 Å². The Bertz CT molecular complexity index is 689. The van der Waals surface area contributed by atoms with Crippen LogP contribution < -0.4 is 0 Å². The van der Waals surface area contributed by atoms with Gasteiger partial charge < -0.3 is 4.74 Å². The smallest absolute Gasteiger partial charge is 0.363 e. The second kappa shape index (κ2) is 4.78. The predicted molar refractivity (Wildman–Crippen MR) is 71.3 cm³/mol. The Morgan fingerprint density at radius 1 is 1.26 bits per heavy atom. The Hall–Kier alpha value is -2.27. The van der Waals surface area contributed by atoms with Gasteiger partial charge in [0.2, 0.25) is 5.90 Å². The highest BCUT2D eigenvalue weighted by Crippen LogP contribution is 2.21. The Morgan fingerprint density at radius 3 is 2.89 bits per heavy atom. The Balaban J connectivity index is 1.95. The van der Waals surface area contributed by atoms with Crippen molar-refractivity contribution in [1.29, 1.82) is 0 Å². The lowest BCUT2D eigenvalue weighted by atomic mass is 10.2. The molecule has 1 aliphatic heterocycles. The van der Waals surface area contributed by atoms with E-state index >= 15 is 0 Å². The number of ether oxygens (including phenoxy) is 1. The van der Waals surface area contributed by atoms with Crippen LogP contribution in [0.5, 0.6) is 0 Å². The monoisotopic (exact) mass is 273 g/mol. The summed E-state index contributed by atoms with van der Waals surface area (Å²) in [6.45, 7) is 0. The molecular weight excluding hydrogens is 265 g/mol. The first-order valence-corrected chi connectivity index (χ1v) is 6.42. The van der Waals surface area contributed by atoms with E-state index in [-0.39, 0.29) is 11.5 Å². The van der Waals surface area contributed by atoms with Crippen molar-refractivity contribution in [2.75, 3.05) is 0 Å². The van der Waals surface area contributed by atoms with Crippen LogP contribution in [0.2, 0.25) is 0 Å². The number of carbonyl (C=O) groups excluding carboxylic acids is 1. The van der Waals surface area contributed by atoms with Crippen LogP contribution in [0, 0.1) is 5.82 Å². The van der Waals surface area contributed by atoms with Crippen molar-refractivity contribution >= 4 is 29.3 Å². The summed E-state index contributed by atoms with van der Waals surface area (Å²) < 4.78 is 18.1. The maximum atomic E-state index is 13.1. The van der Waals surface area contributed by atoms with E-state index in [1.54, 1.807) is 12.1 Å². The number of aliphatic imine (C=N–C) groups is 1. The molecule has 0 fully saturated rings. The van der Waals surface area contributed by atoms with E-state index in [9.17, 15) is 9.18 Å². The van der Waals surface area contributed by atoms with E-state index in [1.165, 1.54) is 29.5 Å². The fourth-order valence-electron chi connectivity index (χ4n) is 1.67. The molecule has 5 heteroatoms. The van der Waals surface area contributed by atoms with Crippen molar-refractivity contribution in [2.24, 2.45) is 4.99 Å². The number of carbonyl (C=O) groups is 1. The van der Waals surface area contributed by atoms with Crippen molar-refractivity contribution in [3.05, 3.63) is 63.7 Å². The minimum atomic E-state index is -0.521. The molecule has 19 heavy (non-hydrogen) atoms. The van der Waals surface area contributed by atoms with E-state index < -0.39 is 5.97 Å². The van der Waals surface area contributed by atoms with Gasteiger partial charge in [0.1, 0.15) is 5.82 Å². The van der Waals surface area contributed by atoms with Crippen molar-refractivity contribution < 1.29 is 13.9 Å². The zero-order valence-corrected chi connectivity index (χ0v) is 10.5. The summed E-state index contributed by atoms with van der Waals surface area (Å²) in [4.78, 5) is 16.6. The van der Waals surface area contributed by atoms with Crippen LogP contribution in [0.25, 0.3) is 6.08 Å². The van der Waals surface area contributed by atoms with Gasteiger partial charge in [-0.15, -0.1) is 11.3 Å². The SMILES string of the molecule is O=C1OC(c2cccs2)=NC1=Cc1cccc(F)c1. The molecule has 0 saturated carbocycles. The molecule has 0 amide bonds. The first kappa shape index (κ1) is 11.8. The minimum Gasteiger partial charge on any atom is -0.401 e. The highest BCUT2D eigenvalue weighted by molar-refractivity contribution is 7.12. The minimum absolute atomic E-state index is 0.175. The summed E-state index contributed by atoms with van der Waals surface area (Å²) in [5.74, 6) is -0.585. The summed E-state index contributed by atoms with van der Waals surface area (Å²) in [7, 11) is 0. The summed E-state index contributed by atoms with van der Waals surface area (Å²) in [6.07, 6.45) is 1.51. The molecule has 0 spiro atoms. The van der Waals surface area contributed by atoms with E-state index in [0.29, 0.717) is 11.5 Å². The molecule has 0 radical (unpaired) electrons. The highest BCUT2D eigenvalue weighted by atomic mass is 32.1. The van der Waals surface area contributed by atoms with Gasteiger partial charge >= 0.3 is 5.97 Å². The van der Waals surface area contributed by atoms with Gasteiger partial charge in [0.05, 0.1) is 4.88 Å². The number of halogens is 1. The van der Waals surface area contributed by atoms with Gasteiger partial charge in [-0.1, -0.05) is 18.2 Å². The first-order valence-electron chi connectivity index (χ1n) is 5.54. The van der Waals surface area contributed by atoms with Gasteiger partial charge in [-0.2, -0.15) is 0 Å². The van der Waals surface area contributed by atoms with Crippen molar-refractivity contribution in [1.82, 2.24) is 0 Å². The summed E-state index contributed by atoms with van der Waals surface area (Å²) in [5, 5.41) is 1.87. The van der Waals surface area contributed by atoms with Crippen LogP contribution in [-0.4, -0.2) is 11.9 Å². The molecule has 0 N–H and O–H groups in total. The van der Waals surface area contributed by atoms with Crippen molar-refractivity contribution in [3.8, 4) is 0 Å². The average molecular weight is 273 g/mol. The molecule has 0 atom stereocenters. The molecule has 94 valence electrons. The largest absolute Gasteiger partial charge is 0.401 e. The fraction of sp³-hybridized carbons (Fsp3) is 0. The maximum Gasteiger partial charge on any atom is 0.363 e. The van der Waals surface area contributed by atoms with Gasteiger partial charge in [-0.25, -0.2) is 14.2 Å². The molecular formula is C14H8FNO2S. The zero-order chi connectivity index (χ0) is 13.2. The predicted octanol–water partition coefficient (Wildman–Crippen LogP) is 3.23.